The lowest BCUT2D eigenvalue weighted by molar-refractivity contribution is -0.145. The number of hydrogen-bond acceptors (Lipinski definition) is 3. The molecule has 1 aromatic carbocycles. The Labute approximate surface area is 127 Å². The quantitative estimate of drug-likeness (QED) is 0.481. The van der Waals surface area contributed by atoms with Gasteiger partial charge in [0.15, 0.2) is 0 Å². The van der Waals surface area contributed by atoms with Crippen LogP contribution in [0.4, 0.5) is 0 Å². The van der Waals surface area contributed by atoms with Crippen LogP contribution in [0.25, 0.3) is 0 Å². The van der Waals surface area contributed by atoms with Gasteiger partial charge in [0, 0.05) is 6.04 Å². The van der Waals surface area contributed by atoms with Gasteiger partial charge in [0.2, 0.25) is 0 Å². The number of benzene rings is 1. The summed E-state index contributed by atoms with van der Waals surface area (Å²) in [6, 6.07) is 9.70. The van der Waals surface area contributed by atoms with Crippen LogP contribution < -0.4 is 5.48 Å². The van der Waals surface area contributed by atoms with Crippen LogP contribution >= 0.6 is 0 Å². The zero-order chi connectivity index (χ0) is 15.5. The second-order valence-corrected chi connectivity index (χ2v) is 5.35. The van der Waals surface area contributed by atoms with Gasteiger partial charge in [-0.25, -0.2) is 0 Å². The Kier molecular flexibility index (Phi) is 8.71. The Hall–Kier alpha value is -1.39. The minimum absolute atomic E-state index is 0.150. The SMILES string of the molecule is CCCCCC(C(=O)O)C(CC)NOCc1ccccc1. The summed E-state index contributed by atoms with van der Waals surface area (Å²) in [5, 5.41) is 9.39. The molecule has 2 atom stereocenters. The van der Waals surface area contributed by atoms with Crippen LogP contribution in [0.15, 0.2) is 30.3 Å². The van der Waals surface area contributed by atoms with E-state index in [1.165, 1.54) is 0 Å². The van der Waals surface area contributed by atoms with Gasteiger partial charge >= 0.3 is 5.97 Å². The minimum Gasteiger partial charge on any atom is -0.481 e. The van der Waals surface area contributed by atoms with E-state index in [-0.39, 0.29) is 6.04 Å². The summed E-state index contributed by atoms with van der Waals surface area (Å²) in [6.45, 7) is 4.55. The highest BCUT2D eigenvalue weighted by Crippen LogP contribution is 2.17. The zero-order valence-corrected chi connectivity index (χ0v) is 13.0. The van der Waals surface area contributed by atoms with Crippen molar-refractivity contribution < 1.29 is 14.7 Å². The fourth-order valence-corrected chi connectivity index (χ4v) is 2.37. The normalized spacial score (nSPS) is 13.8. The largest absolute Gasteiger partial charge is 0.481 e. The summed E-state index contributed by atoms with van der Waals surface area (Å²) < 4.78 is 0. The van der Waals surface area contributed by atoms with Crippen LogP contribution in [0, 0.1) is 5.92 Å². The molecule has 0 saturated carbocycles. The van der Waals surface area contributed by atoms with Crippen molar-refractivity contribution in [3.05, 3.63) is 35.9 Å². The molecule has 0 radical (unpaired) electrons. The van der Waals surface area contributed by atoms with Gasteiger partial charge in [-0.15, -0.1) is 0 Å². The lowest BCUT2D eigenvalue weighted by Crippen LogP contribution is -2.39. The number of carboxylic acids is 1. The molecule has 0 aliphatic carbocycles. The lowest BCUT2D eigenvalue weighted by atomic mass is 9.92. The van der Waals surface area contributed by atoms with E-state index in [9.17, 15) is 9.90 Å². The number of carbonyl (C=O) groups is 1. The maximum Gasteiger partial charge on any atom is 0.308 e. The van der Waals surface area contributed by atoms with Gasteiger partial charge in [0.05, 0.1) is 12.5 Å². The fraction of sp³-hybridized carbons (Fsp3) is 0.588. The molecule has 0 amide bonds. The van der Waals surface area contributed by atoms with Gasteiger partial charge in [-0.05, 0) is 18.4 Å². The molecule has 0 bridgehead atoms. The van der Waals surface area contributed by atoms with Crippen LogP contribution in [0.1, 0.15) is 51.5 Å². The van der Waals surface area contributed by atoms with Crippen molar-refractivity contribution in [1.29, 1.82) is 0 Å². The van der Waals surface area contributed by atoms with Crippen molar-refractivity contribution in [2.75, 3.05) is 0 Å². The molecule has 0 aromatic heterocycles. The van der Waals surface area contributed by atoms with E-state index in [4.69, 9.17) is 4.84 Å². The zero-order valence-electron chi connectivity index (χ0n) is 13.0. The van der Waals surface area contributed by atoms with Crippen molar-refractivity contribution in [2.45, 2.75) is 58.6 Å². The first-order valence-electron chi connectivity index (χ1n) is 7.83. The highest BCUT2D eigenvalue weighted by molar-refractivity contribution is 5.70. The van der Waals surface area contributed by atoms with Crippen LogP contribution in [-0.4, -0.2) is 17.1 Å². The molecular formula is C17H27NO3. The summed E-state index contributed by atoms with van der Waals surface area (Å²) >= 11 is 0. The van der Waals surface area contributed by atoms with Crippen molar-refractivity contribution in [2.24, 2.45) is 5.92 Å². The highest BCUT2D eigenvalue weighted by Gasteiger charge is 2.26. The summed E-state index contributed by atoms with van der Waals surface area (Å²) in [6.07, 6.45) is 4.55. The Bertz CT molecular complexity index is 394. The molecule has 2 unspecified atom stereocenters. The molecule has 0 aliphatic heterocycles. The van der Waals surface area contributed by atoms with Gasteiger partial charge in [-0.3, -0.25) is 9.63 Å². The summed E-state index contributed by atoms with van der Waals surface area (Å²) in [5.41, 5.74) is 4.01. The molecule has 4 nitrogen and oxygen atoms in total. The van der Waals surface area contributed by atoms with E-state index >= 15 is 0 Å². The van der Waals surface area contributed by atoms with E-state index in [2.05, 4.69) is 12.4 Å². The third-order valence-corrected chi connectivity index (χ3v) is 3.68. The monoisotopic (exact) mass is 293 g/mol. The lowest BCUT2D eigenvalue weighted by Gasteiger charge is -2.23. The van der Waals surface area contributed by atoms with Crippen molar-refractivity contribution >= 4 is 5.97 Å². The molecule has 0 spiro atoms. The van der Waals surface area contributed by atoms with E-state index in [1.54, 1.807) is 0 Å². The number of hydrogen-bond donors (Lipinski definition) is 2. The van der Waals surface area contributed by atoms with Crippen LogP contribution in [-0.2, 0) is 16.2 Å². The third-order valence-electron chi connectivity index (χ3n) is 3.68. The van der Waals surface area contributed by atoms with Gasteiger partial charge in [0.1, 0.15) is 0 Å². The maximum atomic E-state index is 11.4. The van der Waals surface area contributed by atoms with Crippen molar-refractivity contribution in [3.8, 4) is 0 Å². The molecule has 0 aliphatic rings. The van der Waals surface area contributed by atoms with Gasteiger partial charge in [0.25, 0.3) is 0 Å². The molecule has 2 N–H and O–H groups in total. The molecule has 0 heterocycles. The Morgan fingerprint density at radius 2 is 1.95 bits per heavy atom. The number of carboxylic acid groups (broad SMARTS) is 1. The highest BCUT2D eigenvalue weighted by atomic mass is 16.6. The summed E-state index contributed by atoms with van der Waals surface area (Å²) in [5.74, 6) is -1.13. The average Bonchev–Trinajstić information content (AvgIpc) is 2.50. The first-order valence-corrected chi connectivity index (χ1v) is 7.83. The van der Waals surface area contributed by atoms with Crippen LogP contribution in [0.2, 0.25) is 0 Å². The average molecular weight is 293 g/mol. The molecule has 0 fully saturated rings. The van der Waals surface area contributed by atoms with Crippen molar-refractivity contribution in [1.82, 2.24) is 5.48 Å². The van der Waals surface area contributed by atoms with E-state index in [0.717, 1.165) is 31.2 Å². The van der Waals surface area contributed by atoms with Gasteiger partial charge in [-0.2, -0.15) is 5.48 Å². The predicted molar refractivity (Wildman–Crippen MR) is 83.7 cm³/mol. The first kappa shape index (κ1) is 17.7. The Morgan fingerprint density at radius 3 is 2.52 bits per heavy atom. The van der Waals surface area contributed by atoms with Gasteiger partial charge in [-0.1, -0.05) is 63.4 Å². The second kappa shape index (κ2) is 10.4. The summed E-state index contributed by atoms with van der Waals surface area (Å²) in [7, 11) is 0. The number of aliphatic carboxylic acids is 1. The van der Waals surface area contributed by atoms with E-state index < -0.39 is 11.9 Å². The molecule has 1 rings (SSSR count). The Morgan fingerprint density at radius 1 is 1.24 bits per heavy atom. The van der Waals surface area contributed by atoms with Crippen LogP contribution in [0.3, 0.4) is 0 Å². The topological polar surface area (TPSA) is 58.6 Å². The van der Waals surface area contributed by atoms with E-state index in [1.807, 2.05) is 37.3 Å². The molecule has 118 valence electrons. The summed E-state index contributed by atoms with van der Waals surface area (Å²) in [4.78, 5) is 16.9. The van der Waals surface area contributed by atoms with E-state index in [0.29, 0.717) is 13.0 Å². The number of rotatable bonds is 11. The molecule has 1 aromatic rings. The second-order valence-electron chi connectivity index (χ2n) is 5.35. The smallest absolute Gasteiger partial charge is 0.308 e. The Balaban J connectivity index is 2.44. The predicted octanol–water partition coefficient (Wildman–Crippen LogP) is 3.77. The third kappa shape index (κ3) is 6.74. The number of nitrogens with one attached hydrogen (secondary N) is 1. The molecule has 0 saturated heterocycles. The minimum atomic E-state index is -0.742. The molecular weight excluding hydrogens is 266 g/mol. The standard InChI is InChI=1S/C17H27NO3/c1-3-5-7-12-15(17(19)20)16(4-2)18-21-13-14-10-8-6-9-11-14/h6,8-11,15-16,18H,3-5,7,12-13H2,1-2H3,(H,19,20). The van der Waals surface area contributed by atoms with Crippen molar-refractivity contribution in [3.63, 3.8) is 0 Å². The maximum absolute atomic E-state index is 11.4. The number of unbranched alkanes of at least 4 members (excludes halogenated alkanes) is 2. The number of hydroxylamine groups is 1. The molecule has 21 heavy (non-hydrogen) atoms. The first-order chi connectivity index (χ1) is 10.2. The van der Waals surface area contributed by atoms with Crippen LogP contribution in [0.5, 0.6) is 0 Å². The van der Waals surface area contributed by atoms with Gasteiger partial charge < -0.3 is 5.11 Å². The fourth-order valence-electron chi connectivity index (χ4n) is 2.37. The molecule has 4 heteroatoms.